The highest BCUT2D eigenvalue weighted by Crippen LogP contribution is 2.17. The molecule has 1 aromatic rings. The van der Waals surface area contributed by atoms with Crippen molar-refractivity contribution in [2.24, 2.45) is 0 Å². The Hall–Kier alpha value is -0.670. The first-order valence-corrected chi connectivity index (χ1v) is 4.70. The molecule has 0 aliphatic heterocycles. The van der Waals surface area contributed by atoms with Crippen LogP contribution in [0.4, 0.5) is 4.39 Å². The first-order valence-electron chi connectivity index (χ1n) is 3.91. The summed E-state index contributed by atoms with van der Waals surface area (Å²) in [5.74, 6) is -0.298. The van der Waals surface area contributed by atoms with Gasteiger partial charge in [0.1, 0.15) is 5.82 Å². The molecule has 1 nitrogen and oxygen atoms in total. The maximum atomic E-state index is 13.0. The third kappa shape index (κ3) is 3.28. The number of benzene rings is 1. The normalized spacial score (nSPS) is 13.5. The van der Waals surface area contributed by atoms with Gasteiger partial charge in [-0.25, -0.2) is 4.39 Å². The molecule has 0 aromatic heterocycles. The number of aliphatic hydroxyl groups excluding tert-OH is 1. The Labute approximate surface area is 85.0 Å². The fourth-order valence-electron chi connectivity index (χ4n) is 0.866. The Kier molecular flexibility index (Phi) is 3.63. The molecule has 13 heavy (non-hydrogen) atoms. The monoisotopic (exact) mass is 244 g/mol. The molecule has 0 fully saturated rings. The van der Waals surface area contributed by atoms with Crippen molar-refractivity contribution >= 4 is 22.0 Å². The molecule has 0 radical (unpaired) electrons. The zero-order valence-electron chi connectivity index (χ0n) is 7.17. The summed E-state index contributed by atoms with van der Waals surface area (Å²) in [4.78, 5) is 0. The van der Waals surface area contributed by atoms with Gasteiger partial charge in [0.05, 0.1) is 10.6 Å². The Morgan fingerprint density at radius 1 is 1.54 bits per heavy atom. The molecule has 0 saturated heterocycles. The summed E-state index contributed by atoms with van der Waals surface area (Å²) in [5.41, 5.74) is 0.738. The maximum Gasteiger partial charge on any atom is 0.137 e. The van der Waals surface area contributed by atoms with Crippen molar-refractivity contribution in [3.8, 4) is 0 Å². The van der Waals surface area contributed by atoms with E-state index in [-0.39, 0.29) is 5.82 Å². The van der Waals surface area contributed by atoms with Gasteiger partial charge in [-0.3, -0.25) is 0 Å². The molecular weight excluding hydrogens is 235 g/mol. The number of rotatable bonds is 2. The van der Waals surface area contributed by atoms with Crippen LogP contribution in [0.15, 0.2) is 28.7 Å². The van der Waals surface area contributed by atoms with Crippen LogP contribution in [0.5, 0.6) is 0 Å². The minimum atomic E-state index is -0.508. The lowest BCUT2D eigenvalue weighted by Crippen LogP contribution is -1.91. The van der Waals surface area contributed by atoms with Gasteiger partial charge in [0.15, 0.2) is 0 Å². The van der Waals surface area contributed by atoms with E-state index in [4.69, 9.17) is 5.11 Å². The molecule has 0 aliphatic rings. The van der Waals surface area contributed by atoms with E-state index in [1.807, 2.05) is 0 Å². The van der Waals surface area contributed by atoms with Gasteiger partial charge in [0.2, 0.25) is 0 Å². The number of aliphatic hydroxyl groups is 1. The number of hydrogen-bond acceptors (Lipinski definition) is 1. The van der Waals surface area contributed by atoms with Gasteiger partial charge in [-0.1, -0.05) is 18.2 Å². The van der Waals surface area contributed by atoms with Gasteiger partial charge in [0.25, 0.3) is 0 Å². The molecular formula is C10H10BrFO. The van der Waals surface area contributed by atoms with Crippen molar-refractivity contribution in [2.45, 2.75) is 13.0 Å². The number of hydrogen-bond donors (Lipinski definition) is 1. The quantitative estimate of drug-likeness (QED) is 0.849. The lowest BCUT2D eigenvalue weighted by molar-refractivity contribution is 0.245. The van der Waals surface area contributed by atoms with Crippen LogP contribution >= 0.6 is 15.9 Å². The third-order valence-corrected chi connectivity index (χ3v) is 2.15. The van der Waals surface area contributed by atoms with E-state index in [1.54, 1.807) is 31.2 Å². The summed E-state index contributed by atoms with van der Waals surface area (Å²) in [6.45, 7) is 1.64. The van der Waals surface area contributed by atoms with Crippen molar-refractivity contribution in [3.63, 3.8) is 0 Å². The molecule has 70 valence electrons. The highest BCUT2D eigenvalue weighted by molar-refractivity contribution is 9.10. The standard InChI is InChI=1S/C10H10BrFO/c1-7(13)2-3-8-4-5-9(11)10(12)6-8/h2-7,13H,1H3/b3-2+. The summed E-state index contributed by atoms with van der Waals surface area (Å²) in [6.07, 6.45) is 2.77. The Morgan fingerprint density at radius 3 is 2.77 bits per heavy atom. The fraction of sp³-hybridized carbons (Fsp3) is 0.200. The minimum absolute atomic E-state index is 0.298. The van der Waals surface area contributed by atoms with Crippen LogP contribution in [-0.4, -0.2) is 11.2 Å². The molecule has 0 saturated carbocycles. The lowest BCUT2D eigenvalue weighted by atomic mass is 10.2. The molecule has 1 aromatic carbocycles. The predicted octanol–water partition coefficient (Wildman–Crippen LogP) is 2.98. The Morgan fingerprint density at radius 2 is 2.23 bits per heavy atom. The summed E-state index contributed by atoms with van der Waals surface area (Å²) in [5, 5.41) is 8.95. The zero-order chi connectivity index (χ0) is 9.84. The molecule has 3 heteroatoms. The van der Waals surface area contributed by atoms with Gasteiger partial charge in [0, 0.05) is 0 Å². The Bertz CT molecular complexity index is 321. The van der Waals surface area contributed by atoms with Crippen molar-refractivity contribution in [3.05, 3.63) is 40.1 Å². The zero-order valence-corrected chi connectivity index (χ0v) is 8.75. The summed E-state index contributed by atoms with van der Waals surface area (Å²) in [7, 11) is 0. The molecule has 0 bridgehead atoms. The van der Waals surface area contributed by atoms with E-state index >= 15 is 0 Å². The maximum absolute atomic E-state index is 13.0. The SMILES string of the molecule is CC(O)/C=C/c1ccc(Br)c(F)c1. The van der Waals surface area contributed by atoms with Gasteiger partial charge >= 0.3 is 0 Å². The summed E-state index contributed by atoms with van der Waals surface area (Å²) >= 11 is 3.06. The summed E-state index contributed by atoms with van der Waals surface area (Å²) < 4.78 is 13.4. The smallest absolute Gasteiger partial charge is 0.137 e. The second-order valence-corrected chi connectivity index (χ2v) is 3.63. The van der Waals surface area contributed by atoms with Crippen molar-refractivity contribution in [2.75, 3.05) is 0 Å². The van der Waals surface area contributed by atoms with E-state index < -0.39 is 6.10 Å². The van der Waals surface area contributed by atoms with Crippen LogP contribution in [0.1, 0.15) is 12.5 Å². The lowest BCUT2D eigenvalue weighted by Gasteiger charge is -1.97. The Balaban J connectivity index is 2.85. The molecule has 0 amide bonds. The van der Waals surface area contributed by atoms with Crippen LogP contribution in [0.25, 0.3) is 6.08 Å². The van der Waals surface area contributed by atoms with E-state index in [9.17, 15) is 4.39 Å². The van der Waals surface area contributed by atoms with Gasteiger partial charge in [-0.15, -0.1) is 0 Å². The average Bonchev–Trinajstić information content (AvgIpc) is 2.07. The molecule has 0 heterocycles. The first kappa shape index (κ1) is 10.4. The number of halogens is 2. The van der Waals surface area contributed by atoms with E-state index in [1.165, 1.54) is 6.07 Å². The molecule has 0 aliphatic carbocycles. The van der Waals surface area contributed by atoms with Gasteiger partial charge in [-0.05, 0) is 40.5 Å². The van der Waals surface area contributed by atoms with E-state index in [0.29, 0.717) is 4.47 Å². The van der Waals surface area contributed by atoms with Crippen LogP contribution < -0.4 is 0 Å². The van der Waals surface area contributed by atoms with Crippen molar-refractivity contribution < 1.29 is 9.50 Å². The highest BCUT2D eigenvalue weighted by atomic mass is 79.9. The average molecular weight is 245 g/mol. The largest absolute Gasteiger partial charge is 0.389 e. The van der Waals surface area contributed by atoms with Crippen molar-refractivity contribution in [1.82, 2.24) is 0 Å². The molecule has 1 rings (SSSR count). The van der Waals surface area contributed by atoms with Crippen LogP contribution in [0.3, 0.4) is 0 Å². The second kappa shape index (κ2) is 4.53. The minimum Gasteiger partial charge on any atom is -0.389 e. The summed E-state index contributed by atoms with van der Waals surface area (Å²) in [6, 6.07) is 4.81. The van der Waals surface area contributed by atoms with Gasteiger partial charge in [-0.2, -0.15) is 0 Å². The van der Waals surface area contributed by atoms with Crippen LogP contribution in [-0.2, 0) is 0 Å². The van der Waals surface area contributed by atoms with Gasteiger partial charge < -0.3 is 5.11 Å². The van der Waals surface area contributed by atoms with Crippen LogP contribution in [0, 0.1) is 5.82 Å². The van der Waals surface area contributed by atoms with E-state index in [2.05, 4.69) is 15.9 Å². The van der Waals surface area contributed by atoms with Crippen molar-refractivity contribution in [1.29, 1.82) is 0 Å². The van der Waals surface area contributed by atoms with Crippen LogP contribution in [0.2, 0.25) is 0 Å². The molecule has 0 spiro atoms. The fourth-order valence-corrected chi connectivity index (χ4v) is 1.11. The molecule has 1 N–H and O–H groups in total. The van der Waals surface area contributed by atoms with E-state index in [0.717, 1.165) is 5.56 Å². The first-order chi connectivity index (χ1) is 6.09. The molecule has 1 unspecified atom stereocenters. The second-order valence-electron chi connectivity index (χ2n) is 2.77. The molecule has 1 atom stereocenters. The topological polar surface area (TPSA) is 20.2 Å². The third-order valence-electron chi connectivity index (χ3n) is 1.51. The highest BCUT2D eigenvalue weighted by Gasteiger charge is 1.97. The predicted molar refractivity (Wildman–Crippen MR) is 54.8 cm³/mol.